The third-order valence-corrected chi connectivity index (χ3v) is 4.45. The summed E-state index contributed by atoms with van der Waals surface area (Å²) in [6.07, 6.45) is -8.23. The summed E-state index contributed by atoms with van der Waals surface area (Å²) in [4.78, 5) is 0.655. The first kappa shape index (κ1) is 15.6. The van der Waals surface area contributed by atoms with Crippen LogP contribution in [-0.4, -0.2) is 18.9 Å². The second kappa shape index (κ2) is 5.55. The molecule has 1 aliphatic carbocycles. The van der Waals surface area contributed by atoms with Crippen molar-refractivity contribution in [2.75, 3.05) is 6.54 Å². The zero-order valence-corrected chi connectivity index (χ0v) is 11.2. The second-order valence-electron chi connectivity index (χ2n) is 4.86. The van der Waals surface area contributed by atoms with Crippen molar-refractivity contribution >= 4 is 11.3 Å². The molecule has 0 bridgehead atoms. The van der Waals surface area contributed by atoms with Crippen LogP contribution in [0.3, 0.4) is 0 Å². The molecule has 0 saturated heterocycles. The molecule has 0 amide bonds. The zero-order chi connectivity index (χ0) is 15.0. The van der Waals surface area contributed by atoms with Gasteiger partial charge in [0.1, 0.15) is 0 Å². The van der Waals surface area contributed by atoms with Crippen LogP contribution in [0.2, 0.25) is 0 Å². The van der Waals surface area contributed by atoms with E-state index in [2.05, 4.69) is 5.32 Å². The Labute approximate surface area is 116 Å². The molecule has 1 aromatic heterocycles. The summed E-state index contributed by atoms with van der Waals surface area (Å²) in [7, 11) is 0. The van der Waals surface area contributed by atoms with E-state index < -0.39 is 24.8 Å². The number of hydrogen-bond donors (Lipinski definition) is 1. The normalized spacial score (nSPS) is 20.0. The van der Waals surface area contributed by atoms with Crippen LogP contribution < -0.4 is 5.32 Å². The third-order valence-electron chi connectivity index (χ3n) is 3.35. The van der Waals surface area contributed by atoms with Gasteiger partial charge >= 0.3 is 12.4 Å². The van der Waals surface area contributed by atoms with Crippen LogP contribution in [0.1, 0.15) is 22.4 Å². The average Bonchev–Trinajstić information content (AvgIpc) is 2.69. The van der Waals surface area contributed by atoms with E-state index in [-0.39, 0.29) is 25.8 Å². The molecule has 114 valence electrons. The summed E-state index contributed by atoms with van der Waals surface area (Å²) in [6.45, 7) is -1.05. The van der Waals surface area contributed by atoms with Gasteiger partial charge in [0.05, 0.1) is 12.5 Å². The van der Waals surface area contributed by atoms with E-state index >= 15 is 0 Å². The van der Waals surface area contributed by atoms with Gasteiger partial charge in [0.2, 0.25) is 0 Å². The largest absolute Gasteiger partial charge is 0.401 e. The molecule has 0 aromatic carbocycles. The summed E-state index contributed by atoms with van der Waals surface area (Å²) < 4.78 is 74.0. The van der Waals surface area contributed by atoms with Crippen molar-refractivity contribution in [2.24, 2.45) is 5.92 Å². The van der Waals surface area contributed by atoms with Crippen molar-refractivity contribution in [3.05, 3.63) is 21.4 Å². The minimum absolute atomic E-state index is 0.0134. The van der Waals surface area contributed by atoms with Crippen LogP contribution in [0.15, 0.2) is 5.38 Å². The predicted octanol–water partition coefficient (Wildman–Crippen LogP) is 4.07. The van der Waals surface area contributed by atoms with Crippen molar-refractivity contribution in [2.45, 2.75) is 38.2 Å². The Hall–Kier alpha value is -0.760. The van der Waals surface area contributed by atoms with Gasteiger partial charge in [-0.25, -0.2) is 0 Å². The molecule has 0 spiro atoms. The van der Waals surface area contributed by atoms with Gasteiger partial charge in [-0.1, -0.05) is 0 Å². The van der Waals surface area contributed by atoms with Gasteiger partial charge in [-0.2, -0.15) is 26.3 Å². The monoisotopic (exact) mass is 317 g/mol. The third kappa shape index (κ3) is 3.88. The van der Waals surface area contributed by atoms with Gasteiger partial charge in [-0.05, 0) is 35.8 Å². The number of hydrogen-bond acceptors (Lipinski definition) is 2. The Morgan fingerprint density at radius 1 is 1.20 bits per heavy atom. The van der Waals surface area contributed by atoms with Gasteiger partial charge in [0.25, 0.3) is 0 Å². The highest BCUT2D eigenvalue weighted by Crippen LogP contribution is 2.40. The SMILES string of the molecule is FC(F)(F)CNCc1csc2c1CCC(C(F)(F)F)C2. The number of nitrogens with one attached hydrogen (secondary N) is 1. The molecule has 20 heavy (non-hydrogen) atoms. The minimum atomic E-state index is -4.28. The fourth-order valence-corrected chi connectivity index (χ4v) is 3.53. The van der Waals surface area contributed by atoms with Crippen LogP contribution in [0.5, 0.6) is 0 Å². The quantitative estimate of drug-likeness (QED) is 0.829. The van der Waals surface area contributed by atoms with Crippen molar-refractivity contribution in [3.8, 4) is 0 Å². The topological polar surface area (TPSA) is 12.0 Å². The summed E-state index contributed by atoms with van der Waals surface area (Å²) in [6, 6.07) is 0. The van der Waals surface area contributed by atoms with E-state index in [1.165, 1.54) is 11.3 Å². The van der Waals surface area contributed by atoms with Crippen molar-refractivity contribution in [1.82, 2.24) is 5.32 Å². The highest BCUT2D eigenvalue weighted by atomic mass is 32.1. The van der Waals surface area contributed by atoms with Crippen LogP contribution in [-0.2, 0) is 19.4 Å². The molecule has 0 saturated carbocycles. The molecule has 1 N–H and O–H groups in total. The first-order valence-corrected chi connectivity index (χ1v) is 6.97. The Kier molecular flexibility index (Phi) is 4.34. The summed E-state index contributed by atoms with van der Waals surface area (Å²) in [5, 5.41) is 3.94. The van der Waals surface area contributed by atoms with Crippen molar-refractivity contribution in [3.63, 3.8) is 0 Å². The number of alkyl halides is 6. The van der Waals surface area contributed by atoms with E-state index in [0.29, 0.717) is 10.4 Å². The van der Waals surface area contributed by atoms with E-state index in [0.717, 1.165) is 5.56 Å². The van der Waals surface area contributed by atoms with Crippen LogP contribution in [0.4, 0.5) is 26.3 Å². The molecule has 0 fully saturated rings. The molecule has 2 rings (SSSR count). The lowest BCUT2D eigenvalue weighted by molar-refractivity contribution is -0.176. The molecule has 1 atom stereocenters. The molecule has 1 heterocycles. The van der Waals surface area contributed by atoms with Crippen molar-refractivity contribution in [1.29, 1.82) is 0 Å². The maximum Gasteiger partial charge on any atom is 0.401 e. The standard InChI is InChI=1S/C12H13F6NS/c13-11(14,15)6-19-4-7-5-20-10-3-8(12(16,17)18)1-2-9(7)10/h5,8,19H,1-4,6H2. The van der Waals surface area contributed by atoms with Gasteiger partial charge in [0, 0.05) is 11.4 Å². The van der Waals surface area contributed by atoms with Crippen molar-refractivity contribution < 1.29 is 26.3 Å². The zero-order valence-electron chi connectivity index (χ0n) is 10.4. The number of thiophene rings is 1. The van der Waals surface area contributed by atoms with Crippen LogP contribution >= 0.6 is 11.3 Å². The van der Waals surface area contributed by atoms with Gasteiger partial charge in [0.15, 0.2) is 0 Å². The van der Waals surface area contributed by atoms with Gasteiger partial charge < -0.3 is 5.32 Å². The van der Waals surface area contributed by atoms with Gasteiger partial charge in [-0.15, -0.1) is 11.3 Å². The Morgan fingerprint density at radius 2 is 1.90 bits per heavy atom. The first-order valence-electron chi connectivity index (χ1n) is 6.09. The number of fused-ring (bicyclic) bond motifs is 1. The lowest BCUT2D eigenvalue weighted by Gasteiger charge is -2.25. The predicted molar refractivity (Wildman–Crippen MR) is 63.7 cm³/mol. The Morgan fingerprint density at radius 3 is 2.50 bits per heavy atom. The highest BCUT2D eigenvalue weighted by Gasteiger charge is 2.41. The molecule has 1 unspecified atom stereocenters. The average molecular weight is 317 g/mol. The fraction of sp³-hybridized carbons (Fsp3) is 0.667. The lowest BCUT2D eigenvalue weighted by Crippen LogP contribution is -2.30. The molecular formula is C12H13F6NS. The molecule has 1 aromatic rings. The highest BCUT2D eigenvalue weighted by molar-refractivity contribution is 7.10. The fourth-order valence-electron chi connectivity index (χ4n) is 2.35. The summed E-state index contributed by atoms with van der Waals surface area (Å²) in [5.41, 5.74) is 1.49. The molecule has 1 nitrogen and oxygen atoms in total. The number of halogens is 6. The lowest BCUT2D eigenvalue weighted by atomic mass is 9.87. The van der Waals surface area contributed by atoms with E-state index in [1.807, 2.05) is 0 Å². The molecule has 0 aliphatic heterocycles. The van der Waals surface area contributed by atoms with Gasteiger partial charge in [-0.3, -0.25) is 0 Å². The van der Waals surface area contributed by atoms with E-state index in [1.54, 1.807) is 5.38 Å². The van der Waals surface area contributed by atoms with E-state index in [9.17, 15) is 26.3 Å². The summed E-state index contributed by atoms with van der Waals surface area (Å²) in [5.74, 6) is -1.33. The summed E-state index contributed by atoms with van der Waals surface area (Å²) >= 11 is 1.21. The maximum absolute atomic E-state index is 12.6. The van der Waals surface area contributed by atoms with Crippen LogP contribution in [0.25, 0.3) is 0 Å². The second-order valence-corrected chi connectivity index (χ2v) is 5.83. The molecule has 8 heteroatoms. The molecule has 1 aliphatic rings. The minimum Gasteiger partial charge on any atom is -0.305 e. The number of rotatable bonds is 3. The Balaban J connectivity index is 1.98. The smallest absolute Gasteiger partial charge is 0.305 e. The first-order chi connectivity index (χ1) is 9.17. The molecular weight excluding hydrogens is 304 g/mol. The maximum atomic E-state index is 12.6. The van der Waals surface area contributed by atoms with E-state index in [4.69, 9.17) is 0 Å². The van der Waals surface area contributed by atoms with Crippen LogP contribution in [0, 0.1) is 5.92 Å². The Bertz CT molecular complexity index is 461. The molecule has 0 radical (unpaired) electrons.